The van der Waals surface area contributed by atoms with Crippen molar-refractivity contribution in [2.45, 2.75) is 27.3 Å². The molecule has 0 saturated carbocycles. The predicted octanol–water partition coefficient (Wildman–Crippen LogP) is 3.12. The number of nitrogens with zero attached hydrogens (tertiary/aromatic N) is 2. The summed E-state index contributed by atoms with van der Waals surface area (Å²) in [6, 6.07) is 15.3. The molecule has 0 saturated heterocycles. The molecule has 6 heteroatoms. The monoisotopic (exact) mass is 374 g/mol. The zero-order chi connectivity index (χ0) is 19.3. The fraction of sp³-hybridized carbons (Fsp3) is 0.350. The van der Waals surface area contributed by atoms with Gasteiger partial charge in [0.05, 0.1) is 12.8 Å². The van der Waals surface area contributed by atoms with Gasteiger partial charge in [-0.2, -0.15) is 4.31 Å². The number of carbonyl (C=O) groups is 1. The van der Waals surface area contributed by atoms with E-state index in [9.17, 15) is 13.2 Å². The molecule has 0 radical (unpaired) electrons. The molecule has 0 N–H and O–H groups in total. The number of carbonyl (C=O) groups excluding carboxylic acids is 1. The van der Waals surface area contributed by atoms with Crippen molar-refractivity contribution in [3.05, 3.63) is 65.2 Å². The molecule has 0 unspecified atom stereocenters. The van der Waals surface area contributed by atoms with E-state index in [1.807, 2.05) is 69.3 Å². The summed E-state index contributed by atoms with van der Waals surface area (Å²) in [5.74, 6) is -0.240. The summed E-state index contributed by atoms with van der Waals surface area (Å²) < 4.78 is 25.7. The Bertz CT molecular complexity index is 878. The summed E-state index contributed by atoms with van der Waals surface area (Å²) >= 11 is 0. The van der Waals surface area contributed by atoms with Crippen LogP contribution in [0.25, 0.3) is 0 Å². The van der Waals surface area contributed by atoms with E-state index in [0.29, 0.717) is 6.54 Å². The Balaban J connectivity index is 2.22. The Labute approximate surface area is 156 Å². The minimum absolute atomic E-state index is 0.178. The fourth-order valence-electron chi connectivity index (χ4n) is 2.84. The second kappa shape index (κ2) is 8.47. The van der Waals surface area contributed by atoms with E-state index in [1.165, 1.54) is 4.31 Å². The van der Waals surface area contributed by atoms with Crippen LogP contribution in [0.3, 0.4) is 0 Å². The van der Waals surface area contributed by atoms with Crippen molar-refractivity contribution >= 4 is 21.6 Å². The molecule has 2 aromatic carbocycles. The van der Waals surface area contributed by atoms with Gasteiger partial charge in [0.15, 0.2) is 0 Å². The number of sulfonamides is 1. The summed E-state index contributed by atoms with van der Waals surface area (Å²) in [6.45, 7) is 6.26. The van der Waals surface area contributed by atoms with Crippen molar-refractivity contribution in [2.75, 3.05) is 24.2 Å². The van der Waals surface area contributed by atoms with Crippen LogP contribution in [0.4, 0.5) is 5.69 Å². The minimum atomic E-state index is -3.52. The van der Waals surface area contributed by atoms with Crippen molar-refractivity contribution in [3.63, 3.8) is 0 Å². The molecule has 5 nitrogen and oxygen atoms in total. The van der Waals surface area contributed by atoms with Crippen molar-refractivity contribution in [1.29, 1.82) is 0 Å². The highest BCUT2D eigenvalue weighted by molar-refractivity contribution is 7.88. The Morgan fingerprint density at radius 1 is 1.00 bits per heavy atom. The summed E-state index contributed by atoms with van der Waals surface area (Å²) in [4.78, 5) is 14.4. The van der Waals surface area contributed by atoms with Crippen LogP contribution >= 0.6 is 0 Å². The zero-order valence-corrected chi connectivity index (χ0v) is 16.6. The van der Waals surface area contributed by atoms with E-state index >= 15 is 0 Å². The molecule has 140 valence electrons. The van der Waals surface area contributed by atoms with Crippen molar-refractivity contribution in [2.24, 2.45) is 0 Å². The van der Waals surface area contributed by atoms with E-state index in [-0.39, 0.29) is 19.0 Å². The van der Waals surface area contributed by atoms with Crippen molar-refractivity contribution < 1.29 is 13.2 Å². The van der Waals surface area contributed by atoms with Crippen molar-refractivity contribution in [1.82, 2.24) is 4.31 Å². The smallest absolute Gasteiger partial charge is 0.242 e. The standard InChI is InChI=1S/C20H26N2O3S/c1-5-22(19-11-7-9-17(3)13-19)20(23)15-21(26(4,24)25)14-18-10-6-8-16(2)12-18/h6-13H,5,14-15H2,1-4H3. The van der Waals surface area contributed by atoms with Gasteiger partial charge < -0.3 is 4.90 Å². The molecule has 0 heterocycles. The van der Waals surface area contributed by atoms with Crippen LogP contribution in [0, 0.1) is 13.8 Å². The molecular formula is C20H26N2O3S. The van der Waals surface area contributed by atoms with Crippen LogP contribution in [0.15, 0.2) is 48.5 Å². The molecule has 0 aromatic heterocycles. The molecule has 2 aromatic rings. The molecule has 0 atom stereocenters. The maximum atomic E-state index is 12.8. The van der Waals surface area contributed by atoms with Gasteiger partial charge in [-0.1, -0.05) is 42.0 Å². The second-order valence-corrected chi connectivity index (χ2v) is 8.48. The first-order valence-electron chi connectivity index (χ1n) is 8.58. The van der Waals surface area contributed by atoms with Gasteiger partial charge in [0.2, 0.25) is 15.9 Å². The highest BCUT2D eigenvalue weighted by Crippen LogP contribution is 2.17. The summed E-state index contributed by atoms with van der Waals surface area (Å²) in [7, 11) is -3.52. The Morgan fingerprint density at radius 3 is 2.15 bits per heavy atom. The molecule has 0 bridgehead atoms. The minimum Gasteiger partial charge on any atom is -0.312 e. The first-order chi connectivity index (χ1) is 12.2. The summed E-state index contributed by atoms with van der Waals surface area (Å²) in [5, 5.41) is 0. The van der Waals surface area contributed by atoms with Crippen LogP contribution in [-0.2, 0) is 21.4 Å². The molecule has 0 aliphatic carbocycles. The van der Waals surface area contributed by atoms with E-state index in [4.69, 9.17) is 0 Å². The van der Waals surface area contributed by atoms with E-state index in [2.05, 4.69) is 0 Å². The van der Waals surface area contributed by atoms with Gasteiger partial charge in [-0.3, -0.25) is 4.79 Å². The quantitative estimate of drug-likeness (QED) is 0.748. The lowest BCUT2D eigenvalue weighted by atomic mass is 10.1. The Kier molecular flexibility index (Phi) is 6.56. The van der Waals surface area contributed by atoms with E-state index in [0.717, 1.165) is 28.6 Å². The third-order valence-electron chi connectivity index (χ3n) is 4.15. The van der Waals surface area contributed by atoms with Gasteiger partial charge in [-0.25, -0.2) is 8.42 Å². The van der Waals surface area contributed by atoms with Gasteiger partial charge in [0.25, 0.3) is 0 Å². The lowest BCUT2D eigenvalue weighted by Crippen LogP contribution is -2.42. The number of aryl methyl sites for hydroxylation is 2. The maximum absolute atomic E-state index is 12.8. The van der Waals surface area contributed by atoms with Crippen LogP contribution in [0.2, 0.25) is 0 Å². The number of hydrogen-bond acceptors (Lipinski definition) is 3. The lowest BCUT2D eigenvalue weighted by molar-refractivity contribution is -0.118. The van der Waals surface area contributed by atoms with Crippen LogP contribution in [0.5, 0.6) is 0 Å². The molecule has 0 fully saturated rings. The Morgan fingerprint density at radius 2 is 1.62 bits per heavy atom. The third kappa shape index (κ3) is 5.41. The molecule has 0 aliphatic heterocycles. The summed E-state index contributed by atoms with van der Waals surface area (Å²) in [6.07, 6.45) is 1.14. The van der Waals surface area contributed by atoms with Gasteiger partial charge in [-0.15, -0.1) is 0 Å². The number of amides is 1. The second-order valence-electron chi connectivity index (χ2n) is 6.50. The molecule has 2 rings (SSSR count). The van der Waals surface area contributed by atoms with E-state index in [1.54, 1.807) is 4.90 Å². The number of anilines is 1. The first kappa shape index (κ1) is 20.1. The molecular weight excluding hydrogens is 348 g/mol. The van der Waals surface area contributed by atoms with Crippen LogP contribution in [0.1, 0.15) is 23.6 Å². The third-order valence-corrected chi connectivity index (χ3v) is 5.35. The van der Waals surface area contributed by atoms with Gasteiger partial charge >= 0.3 is 0 Å². The fourth-order valence-corrected chi connectivity index (χ4v) is 3.57. The first-order valence-corrected chi connectivity index (χ1v) is 10.4. The summed E-state index contributed by atoms with van der Waals surface area (Å²) in [5.41, 5.74) is 3.74. The largest absolute Gasteiger partial charge is 0.312 e. The topological polar surface area (TPSA) is 57.7 Å². The van der Waals surface area contributed by atoms with E-state index < -0.39 is 10.0 Å². The SMILES string of the molecule is CCN(C(=O)CN(Cc1cccc(C)c1)S(C)(=O)=O)c1cccc(C)c1. The maximum Gasteiger partial charge on any atom is 0.242 e. The average molecular weight is 375 g/mol. The molecule has 0 spiro atoms. The normalized spacial score (nSPS) is 11.6. The molecule has 0 aliphatic rings. The lowest BCUT2D eigenvalue weighted by Gasteiger charge is -2.26. The zero-order valence-electron chi connectivity index (χ0n) is 15.8. The Hall–Kier alpha value is -2.18. The van der Waals surface area contributed by atoms with Crippen LogP contribution < -0.4 is 4.90 Å². The predicted molar refractivity (Wildman–Crippen MR) is 106 cm³/mol. The van der Waals surface area contributed by atoms with Gasteiger partial charge in [0, 0.05) is 18.8 Å². The van der Waals surface area contributed by atoms with Gasteiger partial charge in [-0.05, 0) is 44.0 Å². The highest BCUT2D eigenvalue weighted by atomic mass is 32.2. The molecule has 26 heavy (non-hydrogen) atoms. The van der Waals surface area contributed by atoms with Crippen molar-refractivity contribution in [3.8, 4) is 0 Å². The molecule has 1 amide bonds. The number of rotatable bonds is 7. The number of likely N-dealkylation sites (N-methyl/N-ethyl adjacent to an activating group) is 1. The number of benzene rings is 2. The van der Waals surface area contributed by atoms with Crippen LogP contribution in [-0.4, -0.2) is 38.0 Å². The number of hydrogen-bond donors (Lipinski definition) is 0. The van der Waals surface area contributed by atoms with Gasteiger partial charge in [0.1, 0.15) is 0 Å². The average Bonchev–Trinajstić information content (AvgIpc) is 2.54. The highest BCUT2D eigenvalue weighted by Gasteiger charge is 2.24.